The summed E-state index contributed by atoms with van der Waals surface area (Å²) in [5.41, 5.74) is 2.93. The Morgan fingerprint density at radius 3 is 2.53 bits per heavy atom. The Morgan fingerprint density at radius 2 is 1.87 bits per heavy atom. The van der Waals surface area contributed by atoms with Crippen molar-refractivity contribution in [2.24, 2.45) is 5.92 Å². The third-order valence-corrected chi connectivity index (χ3v) is 6.07. The number of rotatable bonds is 5. The second kappa shape index (κ2) is 8.79. The Kier molecular flexibility index (Phi) is 5.95. The molecule has 3 aromatic heterocycles. The van der Waals surface area contributed by atoms with Gasteiger partial charge in [-0.05, 0) is 74.2 Å². The summed E-state index contributed by atoms with van der Waals surface area (Å²) in [7, 11) is 0. The Labute approximate surface area is 176 Å². The molecule has 0 aromatic carbocycles. The number of piperidine rings is 1. The van der Waals surface area contributed by atoms with Gasteiger partial charge in [-0.15, -0.1) is 0 Å². The molecule has 4 heterocycles. The monoisotopic (exact) mass is 404 g/mol. The smallest absolute Gasteiger partial charge is 0.259 e. The van der Waals surface area contributed by atoms with E-state index in [1.54, 1.807) is 35.4 Å². The van der Waals surface area contributed by atoms with Crippen molar-refractivity contribution in [2.75, 3.05) is 13.1 Å². The van der Waals surface area contributed by atoms with Crippen molar-refractivity contribution in [3.8, 4) is 5.75 Å². The third-order valence-electron chi connectivity index (χ3n) is 6.07. The zero-order chi connectivity index (χ0) is 21.1. The first-order valence-corrected chi connectivity index (χ1v) is 10.5. The lowest BCUT2D eigenvalue weighted by molar-refractivity contribution is 0.154. The highest BCUT2D eigenvalue weighted by atomic mass is 16.3. The summed E-state index contributed by atoms with van der Waals surface area (Å²) in [5, 5.41) is 10.9. The minimum Gasteiger partial charge on any atom is -0.507 e. The van der Waals surface area contributed by atoms with Crippen molar-refractivity contribution < 1.29 is 5.11 Å². The number of hydrogen-bond acceptors (Lipinski definition) is 5. The van der Waals surface area contributed by atoms with Crippen molar-refractivity contribution in [2.45, 2.75) is 39.3 Å². The molecule has 1 saturated heterocycles. The molecule has 0 spiro atoms. The van der Waals surface area contributed by atoms with Gasteiger partial charge in [0.2, 0.25) is 0 Å². The SMILES string of the molecule is Cc1cc(O)c([C@H](c2ccncc2)N2CCC(C)CC2)c(=O)n1Cc1cccnc1. The van der Waals surface area contributed by atoms with Gasteiger partial charge in [-0.2, -0.15) is 0 Å². The van der Waals surface area contributed by atoms with Gasteiger partial charge in [-0.25, -0.2) is 0 Å². The maximum Gasteiger partial charge on any atom is 0.259 e. The molecule has 0 unspecified atom stereocenters. The van der Waals surface area contributed by atoms with Gasteiger partial charge in [-0.1, -0.05) is 13.0 Å². The Balaban J connectivity index is 1.82. The highest BCUT2D eigenvalue weighted by Crippen LogP contribution is 2.35. The number of hydrogen-bond donors (Lipinski definition) is 1. The molecule has 1 atom stereocenters. The van der Waals surface area contributed by atoms with E-state index in [1.165, 1.54) is 0 Å². The predicted molar refractivity (Wildman–Crippen MR) is 116 cm³/mol. The van der Waals surface area contributed by atoms with Crippen LogP contribution in [-0.4, -0.2) is 37.6 Å². The van der Waals surface area contributed by atoms with Crippen LogP contribution in [0.1, 0.15) is 48.2 Å². The first-order chi connectivity index (χ1) is 14.5. The largest absolute Gasteiger partial charge is 0.507 e. The van der Waals surface area contributed by atoms with Gasteiger partial charge in [0, 0.05) is 30.5 Å². The lowest BCUT2D eigenvalue weighted by Gasteiger charge is -2.37. The number of aromatic hydroxyl groups is 1. The van der Waals surface area contributed by atoms with Crippen LogP contribution >= 0.6 is 0 Å². The summed E-state index contributed by atoms with van der Waals surface area (Å²) in [6.07, 6.45) is 9.14. The highest BCUT2D eigenvalue weighted by molar-refractivity contribution is 5.41. The van der Waals surface area contributed by atoms with Crippen LogP contribution in [0.5, 0.6) is 5.75 Å². The lowest BCUT2D eigenvalue weighted by atomic mass is 9.92. The quantitative estimate of drug-likeness (QED) is 0.704. The van der Waals surface area contributed by atoms with Crippen LogP contribution < -0.4 is 5.56 Å². The Morgan fingerprint density at radius 1 is 1.13 bits per heavy atom. The lowest BCUT2D eigenvalue weighted by Crippen LogP contribution is -2.40. The minimum absolute atomic E-state index is 0.0559. The van der Waals surface area contributed by atoms with E-state index in [0.717, 1.165) is 42.8 Å². The van der Waals surface area contributed by atoms with Crippen LogP contribution in [0.4, 0.5) is 0 Å². The molecule has 0 saturated carbocycles. The molecule has 0 radical (unpaired) electrons. The molecule has 1 fully saturated rings. The van der Waals surface area contributed by atoms with Crippen molar-refractivity contribution in [1.82, 2.24) is 19.4 Å². The van der Waals surface area contributed by atoms with Crippen LogP contribution in [-0.2, 0) is 6.54 Å². The first-order valence-electron chi connectivity index (χ1n) is 10.5. The third kappa shape index (κ3) is 4.14. The van der Waals surface area contributed by atoms with Gasteiger partial charge in [-0.3, -0.25) is 19.7 Å². The van der Waals surface area contributed by atoms with Crippen molar-refractivity contribution in [1.29, 1.82) is 0 Å². The molecule has 6 nitrogen and oxygen atoms in total. The summed E-state index contributed by atoms with van der Waals surface area (Å²) in [5.74, 6) is 0.730. The molecule has 156 valence electrons. The maximum absolute atomic E-state index is 13.7. The summed E-state index contributed by atoms with van der Waals surface area (Å²) in [6, 6.07) is 9.10. The second-order valence-electron chi connectivity index (χ2n) is 8.24. The van der Waals surface area contributed by atoms with E-state index >= 15 is 0 Å². The fourth-order valence-corrected chi connectivity index (χ4v) is 4.29. The van der Waals surface area contributed by atoms with E-state index in [0.29, 0.717) is 18.0 Å². The summed E-state index contributed by atoms with van der Waals surface area (Å²) < 4.78 is 1.73. The number of pyridine rings is 3. The highest BCUT2D eigenvalue weighted by Gasteiger charge is 2.31. The molecular formula is C24H28N4O2. The van der Waals surface area contributed by atoms with Gasteiger partial charge in [0.05, 0.1) is 18.2 Å². The standard InChI is InChI=1S/C24H28N4O2/c1-17-7-12-27(13-8-17)23(20-5-10-25-11-6-20)22-21(29)14-18(2)28(24(22)30)16-19-4-3-9-26-15-19/h3-6,9-11,14-15,17,23,29H,7-8,12-13,16H2,1-2H3/t23-/m0/s1. The molecule has 3 aromatic rings. The molecule has 30 heavy (non-hydrogen) atoms. The maximum atomic E-state index is 13.7. The number of nitrogens with zero attached hydrogens (tertiary/aromatic N) is 4. The zero-order valence-corrected chi connectivity index (χ0v) is 17.5. The fraction of sp³-hybridized carbons (Fsp3) is 0.375. The summed E-state index contributed by atoms with van der Waals surface area (Å²) in [4.78, 5) is 24.3. The minimum atomic E-state index is -0.297. The van der Waals surface area contributed by atoms with Crippen LogP contribution in [0.25, 0.3) is 0 Å². The van der Waals surface area contributed by atoms with Crippen molar-refractivity contribution in [3.05, 3.63) is 87.9 Å². The van der Waals surface area contributed by atoms with E-state index in [-0.39, 0.29) is 17.4 Å². The number of likely N-dealkylation sites (tertiary alicyclic amines) is 1. The number of aromatic nitrogens is 3. The van der Waals surface area contributed by atoms with Gasteiger partial charge in [0.15, 0.2) is 0 Å². The average Bonchev–Trinajstić information content (AvgIpc) is 2.76. The molecular weight excluding hydrogens is 376 g/mol. The van der Waals surface area contributed by atoms with Crippen LogP contribution in [0.2, 0.25) is 0 Å². The fourth-order valence-electron chi connectivity index (χ4n) is 4.29. The number of aryl methyl sites for hydroxylation is 1. The summed E-state index contributed by atoms with van der Waals surface area (Å²) in [6.45, 7) is 6.33. The molecule has 4 rings (SSSR count). The molecule has 1 aliphatic rings. The van der Waals surface area contributed by atoms with Gasteiger partial charge in [0.1, 0.15) is 5.75 Å². The predicted octanol–water partition coefficient (Wildman–Crippen LogP) is 3.52. The van der Waals surface area contributed by atoms with Crippen LogP contribution in [0.3, 0.4) is 0 Å². The van der Waals surface area contributed by atoms with E-state index in [4.69, 9.17) is 0 Å². The molecule has 1 aliphatic heterocycles. The van der Waals surface area contributed by atoms with E-state index in [1.807, 2.05) is 31.2 Å². The van der Waals surface area contributed by atoms with Crippen LogP contribution in [0, 0.1) is 12.8 Å². The van der Waals surface area contributed by atoms with E-state index < -0.39 is 0 Å². The topological polar surface area (TPSA) is 71.2 Å². The first kappa shape index (κ1) is 20.3. The zero-order valence-electron chi connectivity index (χ0n) is 17.5. The van der Waals surface area contributed by atoms with Gasteiger partial charge in [0.25, 0.3) is 5.56 Å². The van der Waals surface area contributed by atoms with Gasteiger partial charge < -0.3 is 9.67 Å². The normalized spacial score (nSPS) is 16.5. The Bertz CT molecular complexity index is 1040. The van der Waals surface area contributed by atoms with E-state index in [2.05, 4.69) is 21.8 Å². The molecule has 0 aliphatic carbocycles. The van der Waals surface area contributed by atoms with Crippen molar-refractivity contribution in [3.63, 3.8) is 0 Å². The molecule has 0 amide bonds. The van der Waals surface area contributed by atoms with Crippen molar-refractivity contribution >= 4 is 0 Å². The van der Waals surface area contributed by atoms with Gasteiger partial charge >= 0.3 is 0 Å². The van der Waals surface area contributed by atoms with E-state index in [9.17, 15) is 9.90 Å². The average molecular weight is 405 g/mol. The van der Waals surface area contributed by atoms with Crippen LogP contribution in [0.15, 0.2) is 59.9 Å². The Hall–Kier alpha value is -2.99. The second-order valence-corrected chi connectivity index (χ2v) is 8.24. The molecule has 6 heteroatoms. The molecule has 0 bridgehead atoms. The molecule has 1 N–H and O–H groups in total. The summed E-state index contributed by atoms with van der Waals surface area (Å²) >= 11 is 0.